The molecule has 17 nitrogen and oxygen atoms in total. The van der Waals surface area contributed by atoms with Crippen molar-refractivity contribution in [1.29, 1.82) is 0 Å². The van der Waals surface area contributed by atoms with E-state index in [0.29, 0.717) is 25.7 Å². The highest BCUT2D eigenvalue weighted by Gasteiger charge is 2.30. The van der Waals surface area contributed by atoms with Crippen LogP contribution < -0.4 is 0 Å². The predicted molar refractivity (Wildman–Crippen MR) is 423 cm³/mol. The Hall–Kier alpha value is -1.94. The minimum Gasteiger partial charge on any atom is -0.462 e. The Morgan fingerprint density at radius 3 is 0.660 bits per heavy atom. The Bertz CT molecular complexity index is 1960. The molecule has 103 heavy (non-hydrogen) atoms. The molecule has 0 saturated carbocycles. The first kappa shape index (κ1) is 101. The van der Waals surface area contributed by atoms with Gasteiger partial charge in [-0.25, -0.2) is 9.13 Å². The summed E-state index contributed by atoms with van der Waals surface area (Å²) in [5.41, 5.74) is 0. The van der Waals surface area contributed by atoms with Crippen LogP contribution in [0.5, 0.6) is 0 Å². The van der Waals surface area contributed by atoms with Crippen LogP contribution >= 0.6 is 15.6 Å². The molecule has 0 aliphatic rings. The van der Waals surface area contributed by atoms with Gasteiger partial charge < -0.3 is 33.8 Å². The van der Waals surface area contributed by atoms with Crippen LogP contribution in [-0.4, -0.2) is 96.7 Å². The zero-order chi connectivity index (χ0) is 75.5. The van der Waals surface area contributed by atoms with Crippen molar-refractivity contribution in [3.63, 3.8) is 0 Å². The average molecular weight is 1510 g/mol. The summed E-state index contributed by atoms with van der Waals surface area (Å²) in [6.45, 7) is 7.37. The van der Waals surface area contributed by atoms with Crippen LogP contribution in [0, 0.1) is 5.92 Å². The molecule has 0 bridgehead atoms. The minimum absolute atomic E-state index is 0.108. The first-order valence-corrected chi connectivity index (χ1v) is 46.6. The summed E-state index contributed by atoms with van der Waals surface area (Å²) in [6.07, 6.45) is 69.2. The maximum absolute atomic E-state index is 13.1. The summed E-state index contributed by atoms with van der Waals surface area (Å²) < 4.78 is 68.9. The molecule has 5 atom stereocenters. The predicted octanol–water partition coefficient (Wildman–Crippen LogP) is 25.6. The summed E-state index contributed by atoms with van der Waals surface area (Å²) in [6, 6.07) is 0. The van der Waals surface area contributed by atoms with Crippen molar-refractivity contribution in [3.05, 3.63) is 0 Å². The van der Waals surface area contributed by atoms with Gasteiger partial charge in [-0.2, -0.15) is 0 Å². The number of hydrogen-bond acceptors (Lipinski definition) is 15. The number of phosphoric acid groups is 2. The summed E-state index contributed by atoms with van der Waals surface area (Å²) in [7, 11) is -9.92. The number of hydrogen-bond donors (Lipinski definition) is 3. The number of aliphatic hydroxyl groups is 1. The van der Waals surface area contributed by atoms with Crippen molar-refractivity contribution in [2.24, 2.45) is 5.92 Å². The van der Waals surface area contributed by atoms with E-state index in [2.05, 4.69) is 34.6 Å². The standard InChI is InChI=1S/C84H164O17P2/c1-6-9-12-15-18-21-24-27-29-31-32-33-35-38-44-49-54-59-64-69-83(88)100-79(74-95-82(87)68-63-58-53-48-43-37-34-30-28-25-22-19-16-13-10-7-2)75-98-102(90,91)96-71-78(85)72-97-103(92,93)99-76-80(73-94-81(86)67-62-57-52-47-42-36-26-23-20-17-14-11-8-3)101-84(89)70-65-60-55-50-45-40-39-41-46-51-56-61-66-77(4)5/h77-80,85H,6-76H2,1-5H3,(H,90,91)(H,92,93)/t78-,79-,80-/m1/s1. The second kappa shape index (κ2) is 76.8. The van der Waals surface area contributed by atoms with Gasteiger partial charge in [-0.1, -0.05) is 401 Å². The largest absolute Gasteiger partial charge is 0.472 e. The molecule has 0 saturated heterocycles. The molecule has 0 aromatic rings. The third-order valence-electron chi connectivity index (χ3n) is 19.8. The van der Waals surface area contributed by atoms with E-state index in [1.54, 1.807) is 0 Å². The maximum Gasteiger partial charge on any atom is 0.472 e. The number of carbonyl (C=O) groups excluding carboxylic acids is 4. The highest BCUT2D eigenvalue weighted by Crippen LogP contribution is 2.45. The van der Waals surface area contributed by atoms with E-state index in [-0.39, 0.29) is 25.7 Å². The number of ether oxygens (including phenoxy) is 4. The van der Waals surface area contributed by atoms with Gasteiger partial charge in [0.2, 0.25) is 0 Å². The highest BCUT2D eigenvalue weighted by atomic mass is 31.2. The van der Waals surface area contributed by atoms with Gasteiger partial charge in [0.25, 0.3) is 0 Å². The fraction of sp³-hybridized carbons (Fsp3) is 0.952. The number of unbranched alkanes of at least 4 members (excludes halogenated alkanes) is 56. The lowest BCUT2D eigenvalue weighted by Crippen LogP contribution is -2.30. The molecule has 0 rings (SSSR count). The van der Waals surface area contributed by atoms with Crippen molar-refractivity contribution in [1.82, 2.24) is 0 Å². The Morgan fingerprint density at radius 1 is 0.262 bits per heavy atom. The van der Waals surface area contributed by atoms with Crippen molar-refractivity contribution in [2.75, 3.05) is 39.6 Å². The van der Waals surface area contributed by atoms with E-state index in [1.165, 1.54) is 276 Å². The Kier molecular flexibility index (Phi) is 75.4. The topological polar surface area (TPSA) is 237 Å². The Morgan fingerprint density at radius 2 is 0.447 bits per heavy atom. The molecule has 0 aromatic heterocycles. The zero-order valence-electron chi connectivity index (χ0n) is 67.5. The first-order valence-electron chi connectivity index (χ1n) is 43.6. The van der Waals surface area contributed by atoms with Gasteiger partial charge in [0.05, 0.1) is 26.4 Å². The van der Waals surface area contributed by atoms with Crippen molar-refractivity contribution in [3.8, 4) is 0 Å². The van der Waals surface area contributed by atoms with E-state index in [0.717, 1.165) is 95.8 Å². The lowest BCUT2D eigenvalue weighted by Gasteiger charge is -2.21. The Balaban J connectivity index is 5.26. The van der Waals surface area contributed by atoms with Gasteiger partial charge >= 0.3 is 39.5 Å². The fourth-order valence-electron chi connectivity index (χ4n) is 13.1. The molecule has 0 radical (unpaired) electrons. The molecule has 0 aliphatic carbocycles. The fourth-order valence-corrected chi connectivity index (χ4v) is 14.7. The molecule has 3 N–H and O–H groups in total. The first-order chi connectivity index (χ1) is 50.0. The smallest absolute Gasteiger partial charge is 0.462 e. The number of phosphoric ester groups is 2. The molecule has 612 valence electrons. The van der Waals surface area contributed by atoms with Crippen LogP contribution in [0.2, 0.25) is 0 Å². The van der Waals surface area contributed by atoms with Crippen molar-refractivity contribution < 1.29 is 80.2 Å². The zero-order valence-corrected chi connectivity index (χ0v) is 69.3. The third kappa shape index (κ3) is 78.0. The molecule has 0 spiro atoms. The highest BCUT2D eigenvalue weighted by molar-refractivity contribution is 7.47. The third-order valence-corrected chi connectivity index (χ3v) is 21.7. The van der Waals surface area contributed by atoms with E-state index >= 15 is 0 Å². The van der Waals surface area contributed by atoms with E-state index in [4.69, 9.17) is 37.0 Å². The number of carbonyl (C=O) groups is 4. The maximum atomic E-state index is 13.1. The molecular weight excluding hydrogens is 1340 g/mol. The lowest BCUT2D eigenvalue weighted by molar-refractivity contribution is -0.161. The second-order valence-corrected chi connectivity index (χ2v) is 33.6. The second-order valence-electron chi connectivity index (χ2n) is 30.7. The molecule has 0 heterocycles. The average Bonchev–Trinajstić information content (AvgIpc) is 0.925. The summed E-state index contributed by atoms with van der Waals surface area (Å²) in [5.74, 6) is -1.32. The summed E-state index contributed by atoms with van der Waals surface area (Å²) >= 11 is 0. The van der Waals surface area contributed by atoms with Crippen LogP contribution in [0.1, 0.15) is 452 Å². The van der Waals surface area contributed by atoms with E-state index in [9.17, 15) is 43.2 Å². The molecule has 0 amide bonds. The van der Waals surface area contributed by atoms with Gasteiger partial charge in [0.15, 0.2) is 12.2 Å². The van der Waals surface area contributed by atoms with E-state index < -0.39 is 97.5 Å². The summed E-state index contributed by atoms with van der Waals surface area (Å²) in [4.78, 5) is 73.2. The monoisotopic (exact) mass is 1510 g/mol. The van der Waals surface area contributed by atoms with E-state index in [1.807, 2.05) is 0 Å². The lowest BCUT2D eigenvalue weighted by atomic mass is 10.0. The molecule has 19 heteroatoms. The van der Waals surface area contributed by atoms with Crippen molar-refractivity contribution >= 4 is 39.5 Å². The van der Waals surface area contributed by atoms with Crippen LogP contribution in [0.4, 0.5) is 0 Å². The van der Waals surface area contributed by atoms with Crippen LogP contribution in [0.25, 0.3) is 0 Å². The summed E-state index contributed by atoms with van der Waals surface area (Å²) in [5, 5.41) is 10.7. The number of esters is 4. The van der Waals surface area contributed by atoms with Crippen LogP contribution in [0.3, 0.4) is 0 Å². The molecule has 2 unspecified atom stereocenters. The normalized spacial score (nSPS) is 13.8. The Labute approximate surface area is 632 Å². The quantitative estimate of drug-likeness (QED) is 0.0222. The molecule has 0 aromatic carbocycles. The van der Waals surface area contributed by atoms with Crippen LogP contribution in [0.15, 0.2) is 0 Å². The van der Waals surface area contributed by atoms with Gasteiger partial charge in [0, 0.05) is 25.7 Å². The van der Waals surface area contributed by atoms with Crippen molar-refractivity contribution in [2.45, 2.75) is 470 Å². The number of rotatable bonds is 84. The van der Waals surface area contributed by atoms with Gasteiger partial charge in [-0.3, -0.25) is 37.3 Å². The molecule has 0 aliphatic heterocycles. The van der Waals surface area contributed by atoms with Gasteiger partial charge in [-0.15, -0.1) is 0 Å². The van der Waals surface area contributed by atoms with Gasteiger partial charge in [-0.05, 0) is 31.6 Å². The van der Waals surface area contributed by atoms with Gasteiger partial charge in [0.1, 0.15) is 19.3 Å². The van der Waals surface area contributed by atoms with Crippen LogP contribution in [-0.2, 0) is 65.4 Å². The molecule has 0 fully saturated rings. The number of aliphatic hydroxyl groups excluding tert-OH is 1. The molecular formula is C84H164O17P2. The minimum atomic E-state index is -4.96. The SMILES string of the molecule is CCCCCCCCCCCCCCCCCCCCCC(=O)O[C@H](COC(=O)CCCCCCCCCCCCCCCCCC)COP(=O)(O)OC[C@@H](O)COP(=O)(O)OC[C@@H](COC(=O)CCCCCCCCCCCCCCC)OC(=O)CCCCCCCCCCCCCCC(C)C.